The molecule has 7 aromatic rings. The van der Waals surface area contributed by atoms with Gasteiger partial charge in [-0.05, 0) is 126 Å². The van der Waals surface area contributed by atoms with Crippen LogP contribution < -0.4 is 0 Å². The average Bonchev–Trinajstić information content (AvgIpc) is 3.39. The fraction of sp³-hybridized carbons (Fsp3) is 0.0500. The minimum atomic E-state index is 0.332. The highest BCUT2D eigenvalue weighted by Crippen LogP contribution is 2.47. The van der Waals surface area contributed by atoms with Gasteiger partial charge in [0, 0.05) is 0 Å². The topological polar surface area (TPSA) is 20.2 Å². The van der Waals surface area contributed by atoms with Crippen LogP contribution in [0.2, 0.25) is 0 Å². The van der Waals surface area contributed by atoms with Gasteiger partial charge in [0.1, 0.15) is 5.75 Å². The number of hydrogen-bond acceptors (Lipinski definition) is 1. The highest BCUT2D eigenvalue weighted by atomic mass is 16.3. The Labute approximate surface area is 240 Å². The lowest BCUT2D eigenvalue weighted by atomic mass is 9.88. The summed E-state index contributed by atoms with van der Waals surface area (Å²) in [4.78, 5) is 0. The molecule has 0 aliphatic heterocycles. The molecule has 0 saturated carbocycles. The van der Waals surface area contributed by atoms with Gasteiger partial charge in [0.2, 0.25) is 0 Å². The van der Waals surface area contributed by atoms with Gasteiger partial charge in [0.25, 0.3) is 0 Å². The maximum absolute atomic E-state index is 10.3. The van der Waals surface area contributed by atoms with Gasteiger partial charge in [-0.15, -0.1) is 0 Å². The summed E-state index contributed by atoms with van der Waals surface area (Å²) in [6.45, 7) is 1.97. The van der Waals surface area contributed by atoms with Crippen molar-refractivity contribution in [2.45, 2.75) is 13.3 Å². The van der Waals surface area contributed by atoms with E-state index in [4.69, 9.17) is 0 Å². The predicted octanol–water partition coefficient (Wildman–Crippen LogP) is 10.6. The molecule has 1 N–H and O–H groups in total. The zero-order chi connectivity index (χ0) is 27.5. The van der Waals surface area contributed by atoms with E-state index in [-0.39, 0.29) is 0 Å². The van der Waals surface area contributed by atoms with E-state index >= 15 is 0 Å². The maximum Gasteiger partial charge on any atom is 0.118 e. The molecule has 0 amide bonds. The van der Waals surface area contributed by atoms with E-state index in [9.17, 15) is 5.11 Å². The molecule has 1 heteroatoms. The summed E-state index contributed by atoms with van der Waals surface area (Å²) in [6.07, 6.45) is 0.894. The van der Waals surface area contributed by atoms with Crippen LogP contribution >= 0.6 is 0 Å². The van der Waals surface area contributed by atoms with E-state index < -0.39 is 0 Å². The van der Waals surface area contributed by atoms with Crippen LogP contribution in [0.5, 0.6) is 5.75 Å². The molecule has 0 atom stereocenters. The van der Waals surface area contributed by atoms with Gasteiger partial charge in [0.05, 0.1) is 0 Å². The van der Waals surface area contributed by atoms with Crippen molar-refractivity contribution in [3.63, 3.8) is 0 Å². The summed E-state index contributed by atoms with van der Waals surface area (Å²) in [5, 5.41) is 15.3. The first kappa shape index (κ1) is 23.7. The maximum atomic E-state index is 10.3. The Morgan fingerprint density at radius 1 is 0.463 bits per heavy atom. The van der Waals surface area contributed by atoms with Gasteiger partial charge in [-0.1, -0.05) is 103 Å². The van der Waals surface area contributed by atoms with Crippen molar-refractivity contribution in [2.75, 3.05) is 0 Å². The van der Waals surface area contributed by atoms with Gasteiger partial charge in [-0.3, -0.25) is 0 Å². The zero-order valence-electron chi connectivity index (χ0n) is 22.9. The quantitative estimate of drug-likeness (QED) is 0.244. The number of aromatic hydroxyl groups is 1. The van der Waals surface area contributed by atoms with Crippen molar-refractivity contribution < 1.29 is 5.11 Å². The van der Waals surface area contributed by atoms with E-state index in [1.54, 1.807) is 0 Å². The largest absolute Gasteiger partial charge is 0.508 e. The second-order valence-electron chi connectivity index (χ2n) is 11.2. The number of benzene rings is 7. The van der Waals surface area contributed by atoms with Gasteiger partial charge < -0.3 is 5.11 Å². The zero-order valence-corrected chi connectivity index (χ0v) is 22.9. The summed E-state index contributed by atoms with van der Waals surface area (Å²) in [7, 11) is 0. The second-order valence-corrected chi connectivity index (χ2v) is 11.2. The highest BCUT2D eigenvalue weighted by molar-refractivity contribution is 6.01. The molecule has 0 unspecified atom stereocenters. The molecular weight excluding hydrogens is 496 g/mol. The molecule has 7 aromatic carbocycles. The van der Waals surface area contributed by atoms with Crippen LogP contribution in [0.15, 0.2) is 133 Å². The molecule has 194 valence electrons. The van der Waals surface area contributed by atoms with Crippen molar-refractivity contribution in [1.82, 2.24) is 0 Å². The normalized spacial score (nSPS) is 12.0. The van der Waals surface area contributed by atoms with Crippen molar-refractivity contribution >= 4 is 21.5 Å². The summed E-state index contributed by atoms with van der Waals surface area (Å²) in [5.41, 5.74) is 13.5. The third-order valence-electron chi connectivity index (χ3n) is 8.73. The fourth-order valence-corrected chi connectivity index (χ4v) is 6.63. The number of hydrogen-bond donors (Lipinski definition) is 1. The Morgan fingerprint density at radius 2 is 1.02 bits per heavy atom. The number of phenolic OH excluding ortho intramolecular Hbond substituents is 1. The smallest absolute Gasteiger partial charge is 0.118 e. The summed E-state index contributed by atoms with van der Waals surface area (Å²) >= 11 is 0. The van der Waals surface area contributed by atoms with Crippen LogP contribution in [0, 0.1) is 6.92 Å². The first-order valence-electron chi connectivity index (χ1n) is 14.2. The van der Waals surface area contributed by atoms with Gasteiger partial charge >= 0.3 is 0 Å². The molecule has 0 spiro atoms. The van der Waals surface area contributed by atoms with Crippen LogP contribution in [0.3, 0.4) is 0 Å². The summed E-state index contributed by atoms with van der Waals surface area (Å²) in [6, 6.07) is 48.1. The van der Waals surface area contributed by atoms with Gasteiger partial charge in [-0.25, -0.2) is 0 Å². The minimum Gasteiger partial charge on any atom is -0.508 e. The number of aryl methyl sites for hydroxylation is 1. The molecule has 0 heterocycles. The molecule has 0 saturated heterocycles. The fourth-order valence-electron chi connectivity index (χ4n) is 6.63. The van der Waals surface area contributed by atoms with E-state index in [0.29, 0.717) is 5.75 Å². The lowest BCUT2D eigenvalue weighted by Crippen LogP contribution is -1.92. The van der Waals surface area contributed by atoms with Crippen LogP contribution in [0.4, 0.5) is 0 Å². The van der Waals surface area contributed by atoms with Gasteiger partial charge in [-0.2, -0.15) is 0 Å². The number of fused-ring (bicyclic) bond motifs is 5. The SMILES string of the molecule is Cc1cc(-c2cc(-c3cccc4ccccc34)cc3c2Cc2ccc(-c4cccc5ccccc45)cc2-3)ccc1O. The Hall–Kier alpha value is -5.14. The molecular formula is C40H28O. The van der Waals surface area contributed by atoms with Crippen molar-refractivity contribution in [3.05, 3.63) is 150 Å². The number of phenols is 1. The molecule has 0 aromatic heterocycles. The van der Waals surface area contributed by atoms with Crippen LogP contribution in [-0.2, 0) is 6.42 Å². The molecule has 0 bridgehead atoms. The van der Waals surface area contributed by atoms with Crippen LogP contribution in [-0.4, -0.2) is 5.11 Å². The van der Waals surface area contributed by atoms with E-state index in [1.165, 1.54) is 71.6 Å². The van der Waals surface area contributed by atoms with E-state index in [1.807, 2.05) is 13.0 Å². The van der Waals surface area contributed by atoms with Crippen LogP contribution in [0.25, 0.3) is 66.1 Å². The lowest BCUT2D eigenvalue weighted by Gasteiger charge is -2.15. The van der Waals surface area contributed by atoms with Crippen LogP contribution in [0.1, 0.15) is 16.7 Å². The molecule has 1 aliphatic rings. The average molecular weight is 525 g/mol. The third kappa shape index (κ3) is 3.85. The van der Waals surface area contributed by atoms with E-state index in [2.05, 4.69) is 127 Å². The lowest BCUT2D eigenvalue weighted by molar-refractivity contribution is 0.471. The molecule has 8 rings (SSSR count). The second kappa shape index (κ2) is 9.21. The third-order valence-corrected chi connectivity index (χ3v) is 8.73. The van der Waals surface area contributed by atoms with Crippen molar-refractivity contribution in [3.8, 4) is 50.3 Å². The molecule has 0 fully saturated rings. The highest BCUT2D eigenvalue weighted by Gasteiger charge is 2.24. The van der Waals surface area contributed by atoms with Gasteiger partial charge in [0.15, 0.2) is 0 Å². The Bertz CT molecular complexity index is 2140. The molecule has 1 aliphatic carbocycles. The first-order valence-corrected chi connectivity index (χ1v) is 14.2. The summed E-state index contributed by atoms with van der Waals surface area (Å²) < 4.78 is 0. The molecule has 0 radical (unpaired) electrons. The Morgan fingerprint density at radius 3 is 1.73 bits per heavy atom. The summed E-state index contributed by atoms with van der Waals surface area (Å²) in [5.74, 6) is 0.332. The Kier molecular flexibility index (Phi) is 5.33. The predicted molar refractivity (Wildman–Crippen MR) is 172 cm³/mol. The van der Waals surface area contributed by atoms with E-state index in [0.717, 1.165) is 17.5 Å². The Balaban J connectivity index is 1.38. The molecule has 1 nitrogen and oxygen atoms in total. The van der Waals surface area contributed by atoms with Crippen molar-refractivity contribution in [2.24, 2.45) is 0 Å². The van der Waals surface area contributed by atoms with Crippen molar-refractivity contribution in [1.29, 1.82) is 0 Å². The first-order chi connectivity index (χ1) is 20.1. The standard InChI is InChI=1S/C40H28O/c1-25-20-28(18-19-40(25)41)37-23-31(35-15-7-11-27-9-3-5-13-33(27)35)24-39-36-21-29(16-17-30(36)22-38(37)39)34-14-6-10-26-8-2-4-12-32(26)34/h2-21,23-24,41H,22H2,1H3. The minimum absolute atomic E-state index is 0.332. The number of rotatable bonds is 3. The monoisotopic (exact) mass is 524 g/mol. The molecule has 41 heavy (non-hydrogen) atoms.